The largest absolute Gasteiger partial charge is 0.416 e. The van der Waals surface area contributed by atoms with E-state index in [9.17, 15) is 22.4 Å². The molecule has 0 saturated carbocycles. The molecule has 0 aromatic heterocycles. The maximum Gasteiger partial charge on any atom is 0.416 e. The summed E-state index contributed by atoms with van der Waals surface area (Å²) >= 11 is 0. The second-order valence-electron chi connectivity index (χ2n) is 4.91. The zero-order chi connectivity index (χ0) is 16.3. The van der Waals surface area contributed by atoms with E-state index in [4.69, 9.17) is 0 Å². The lowest BCUT2D eigenvalue weighted by molar-refractivity contribution is -0.137. The van der Waals surface area contributed by atoms with Crippen LogP contribution in [-0.2, 0) is 17.4 Å². The molecule has 0 bridgehead atoms. The smallest absolute Gasteiger partial charge is 0.323 e. The Balaban J connectivity index is 2.09. The predicted octanol–water partition coefficient (Wildman–Crippen LogP) is 4.33. The van der Waals surface area contributed by atoms with Crippen molar-refractivity contribution in [1.82, 2.24) is 0 Å². The Bertz CT molecular complexity index is 695. The van der Waals surface area contributed by atoms with Crippen molar-refractivity contribution in [3.63, 3.8) is 0 Å². The highest BCUT2D eigenvalue weighted by atomic mass is 19.4. The number of hydrogen-bond donors (Lipinski definition) is 1. The van der Waals surface area contributed by atoms with E-state index < -0.39 is 23.5 Å². The third-order valence-electron chi connectivity index (χ3n) is 3.02. The van der Waals surface area contributed by atoms with E-state index in [1.54, 1.807) is 13.0 Å². The molecule has 1 N–H and O–H groups in total. The van der Waals surface area contributed by atoms with Crippen LogP contribution >= 0.6 is 0 Å². The fourth-order valence-corrected chi connectivity index (χ4v) is 1.96. The first kappa shape index (κ1) is 16.0. The summed E-state index contributed by atoms with van der Waals surface area (Å²) in [5, 5.41) is 2.35. The Kier molecular flexibility index (Phi) is 4.49. The van der Waals surface area contributed by atoms with E-state index in [-0.39, 0.29) is 17.7 Å². The lowest BCUT2D eigenvalue weighted by atomic mass is 10.1. The molecule has 0 spiro atoms. The van der Waals surface area contributed by atoms with Gasteiger partial charge in [-0.2, -0.15) is 13.2 Å². The van der Waals surface area contributed by atoms with Crippen LogP contribution in [0.15, 0.2) is 42.5 Å². The molecule has 2 rings (SSSR count). The molecule has 0 atom stereocenters. The number of carbonyl (C=O) groups excluding carboxylic acids is 1. The Morgan fingerprint density at radius 2 is 1.86 bits per heavy atom. The van der Waals surface area contributed by atoms with Crippen molar-refractivity contribution in [2.45, 2.75) is 19.5 Å². The van der Waals surface area contributed by atoms with Crippen molar-refractivity contribution in [3.8, 4) is 0 Å². The molecule has 0 aliphatic carbocycles. The highest BCUT2D eigenvalue weighted by Gasteiger charge is 2.30. The molecule has 0 aliphatic heterocycles. The molecule has 0 saturated heterocycles. The minimum absolute atomic E-state index is 0.00239. The third kappa shape index (κ3) is 4.07. The predicted molar refractivity (Wildman–Crippen MR) is 74.9 cm³/mol. The highest BCUT2D eigenvalue weighted by Crippen LogP contribution is 2.29. The van der Waals surface area contributed by atoms with Gasteiger partial charge in [0.1, 0.15) is 5.82 Å². The minimum Gasteiger partial charge on any atom is -0.323 e. The fraction of sp³-hybridized carbons (Fsp3) is 0.188. The molecule has 0 aliphatic rings. The van der Waals surface area contributed by atoms with E-state index >= 15 is 0 Å². The summed E-state index contributed by atoms with van der Waals surface area (Å²) in [6, 6.07) is 8.79. The van der Waals surface area contributed by atoms with Gasteiger partial charge < -0.3 is 5.32 Å². The first-order valence-corrected chi connectivity index (χ1v) is 6.48. The van der Waals surface area contributed by atoms with Gasteiger partial charge in [-0.05, 0) is 36.2 Å². The number of halogens is 4. The van der Waals surface area contributed by atoms with Crippen LogP contribution in [-0.4, -0.2) is 5.91 Å². The van der Waals surface area contributed by atoms with Crippen molar-refractivity contribution >= 4 is 11.6 Å². The standard InChI is InChI=1S/C16H13F4NO/c1-10-5-6-14(13(17)7-10)21-15(22)9-11-3-2-4-12(8-11)16(18,19)20/h2-8H,9H2,1H3,(H,21,22). The number of rotatable bonds is 3. The van der Waals surface area contributed by atoms with Crippen molar-refractivity contribution in [3.05, 3.63) is 65.0 Å². The fourth-order valence-electron chi connectivity index (χ4n) is 1.96. The van der Waals surface area contributed by atoms with Crippen LogP contribution in [0.3, 0.4) is 0 Å². The zero-order valence-electron chi connectivity index (χ0n) is 11.7. The average Bonchev–Trinajstić information content (AvgIpc) is 2.41. The molecule has 0 radical (unpaired) electrons. The summed E-state index contributed by atoms with van der Waals surface area (Å²) in [6.07, 6.45) is -4.73. The van der Waals surface area contributed by atoms with Gasteiger partial charge in [-0.25, -0.2) is 4.39 Å². The monoisotopic (exact) mass is 311 g/mol. The second-order valence-corrected chi connectivity index (χ2v) is 4.91. The topological polar surface area (TPSA) is 29.1 Å². The van der Waals surface area contributed by atoms with Gasteiger partial charge >= 0.3 is 6.18 Å². The van der Waals surface area contributed by atoms with Gasteiger partial charge in [-0.3, -0.25) is 4.79 Å². The lowest BCUT2D eigenvalue weighted by Crippen LogP contribution is -2.16. The van der Waals surface area contributed by atoms with Gasteiger partial charge in [0.25, 0.3) is 0 Å². The summed E-state index contributed by atoms with van der Waals surface area (Å²) in [6.45, 7) is 1.71. The summed E-state index contributed by atoms with van der Waals surface area (Å²) < 4.78 is 51.4. The summed E-state index contributed by atoms with van der Waals surface area (Å²) in [5.41, 5.74) is 0.0927. The second kappa shape index (κ2) is 6.17. The maximum atomic E-state index is 13.6. The molecular formula is C16H13F4NO. The van der Waals surface area contributed by atoms with Crippen LogP contribution in [0.2, 0.25) is 0 Å². The first-order valence-electron chi connectivity index (χ1n) is 6.48. The van der Waals surface area contributed by atoms with E-state index in [1.807, 2.05) is 0 Å². The summed E-state index contributed by atoms with van der Waals surface area (Å²) in [4.78, 5) is 11.8. The number of amides is 1. The van der Waals surface area contributed by atoms with Gasteiger partial charge in [0.05, 0.1) is 17.7 Å². The Morgan fingerprint density at radius 1 is 1.14 bits per heavy atom. The Labute approximate surface area is 124 Å². The van der Waals surface area contributed by atoms with Crippen molar-refractivity contribution in [2.75, 3.05) is 5.32 Å². The Hall–Kier alpha value is -2.37. The van der Waals surface area contributed by atoms with Crippen LogP contribution in [0.25, 0.3) is 0 Å². The number of alkyl halides is 3. The molecule has 0 heterocycles. The van der Waals surface area contributed by atoms with E-state index in [0.29, 0.717) is 5.56 Å². The van der Waals surface area contributed by atoms with Crippen molar-refractivity contribution < 1.29 is 22.4 Å². The van der Waals surface area contributed by atoms with E-state index in [0.717, 1.165) is 12.1 Å². The molecular weight excluding hydrogens is 298 g/mol. The van der Waals surface area contributed by atoms with Crippen LogP contribution in [0.5, 0.6) is 0 Å². The van der Waals surface area contributed by atoms with Gasteiger partial charge in [0, 0.05) is 0 Å². The number of hydrogen-bond acceptors (Lipinski definition) is 1. The number of carbonyl (C=O) groups is 1. The Morgan fingerprint density at radius 3 is 2.50 bits per heavy atom. The quantitative estimate of drug-likeness (QED) is 0.840. The molecule has 6 heteroatoms. The SMILES string of the molecule is Cc1ccc(NC(=O)Cc2cccc(C(F)(F)F)c2)c(F)c1. The van der Waals surface area contributed by atoms with Crippen LogP contribution in [0, 0.1) is 12.7 Å². The number of anilines is 1. The highest BCUT2D eigenvalue weighted by molar-refractivity contribution is 5.92. The third-order valence-corrected chi connectivity index (χ3v) is 3.02. The normalized spacial score (nSPS) is 11.3. The van der Waals surface area contributed by atoms with E-state index in [1.165, 1.54) is 24.3 Å². The zero-order valence-corrected chi connectivity index (χ0v) is 11.7. The van der Waals surface area contributed by atoms with Crippen molar-refractivity contribution in [1.29, 1.82) is 0 Å². The van der Waals surface area contributed by atoms with E-state index in [2.05, 4.69) is 5.32 Å². The molecule has 22 heavy (non-hydrogen) atoms. The van der Waals surface area contributed by atoms with Gasteiger partial charge in [0.2, 0.25) is 5.91 Å². The van der Waals surface area contributed by atoms with Crippen molar-refractivity contribution in [2.24, 2.45) is 0 Å². The molecule has 0 fully saturated rings. The van der Waals surface area contributed by atoms with Crippen LogP contribution < -0.4 is 5.32 Å². The van der Waals surface area contributed by atoms with Crippen LogP contribution in [0.4, 0.5) is 23.2 Å². The van der Waals surface area contributed by atoms with Gasteiger partial charge in [-0.15, -0.1) is 0 Å². The summed E-state index contributed by atoms with van der Waals surface area (Å²) in [7, 11) is 0. The van der Waals surface area contributed by atoms with Gasteiger partial charge in [-0.1, -0.05) is 24.3 Å². The maximum absolute atomic E-state index is 13.6. The number of nitrogens with one attached hydrogen (secondary N) is 1. The molecule has 2 nitrogen and oxygen atoms in total. The molecule has 0 unspecified atom stereocenters. The molecule has 2 aromatic rings. The number of benzene rings is 2. The number of aryl methyl sites for hydroxylation is 1. The lowest BCUT2D eigenvalue weighted by Gasteiger charge is -2.10. The minimum atomic E-state index is -4.46. The van der Waals surface area contributed by atoms with Gasteiger partial charge in [0.15, 0.2) is 0 Å². The van der Waals surface area contributed by atoms with Crippen LogP contribution in [0.1, 0.15) is 16.7 Å². The molecule has 2 aromatic carbocycles. The summed E-state index contributed by atoms with van der Waals surface area (Å²) in [5.74, 6) is -1.17. The first-order chi connectivity index (χ1) is 10.3. The average molecular weight is 311 g/mol. The molecule has 116 valence electrons. The molecule has 1 amide bonds.